The molecule has 0 N–H and O–H groups in total. The summed E-state index contributed by atoms with van der Waals surface area (Å²) in [5.74, 6) is 0. The molecule has 0 radical (unpaired) electrons. The van der Waals surface area contributed by atoms with Crippen molar-refractivity contribution < 1.29 is 4.79 Å². The van der Waals surface area contributed by atoms with E-state index in [1.807, 2.05) is 0 Å². The molecule has 1 heterocycles. The van der Waals surface area contributed by atoms with Gasteiger partial charge in [-0.1, -0.05) is 11.8 Å². The molecule has 0 aromatic carbocycles. The molecule has 0 saturated carbocycles. The molecule has 13 heavy (non-hydrogen) atoms. The minimum Gasteiger partial charge on any atom is -0.261 e. The number of carbonyl (C=O) groups excluding carboxylic acids is 1. The van der Waals surface area contributed by atoms with Gasteiger partial charge in [0.1, 0.15) is 18.5 Å². The standard InChI is InChI=1S/C7H4N4OS/c1-13-7(12)11-4-10-5(2-8)6(11)3-9/h4H,1H3. The number of nitriles is 2. The van der Waals surface area contributed by atoms with E-state index in [4.69, 9.17) is 10.5 Å². The maximum Gasteiger partial charge on any atom is 0.291 e. The molecule has 0 amide bonds. The number of imidazole rings is 1. The second-order valence-electron chi connectivity index (χ2n) is 2.01. The first-order valence-electron chi connectivity index (χ1n) is 3.20. The van der Waals surface area contributed by atoms with Crippen molar-refractivity contribution >= 4 is 17.0 Å². The number of hydrogen-bond acceptors (Lipinski definition) is 5. The summed E-state index contributed by atoms with van der Waals surface area (Å²) >= 11 is 0.955. The average Bonchev–Trinajstić information content (AvgIpc) is 2.58. The summed E-state index contributed by atoms with van der Waals surface area (Å²) in [6, 6.07) is 3.48. The molecular formula is C7H4N4OS. The van der Waals surface area contributed by atoms with Gasteiger partial charge >= 0.3 is 0 Å². The zero-order valence-corrected chi connectivity index (χ0v) is 7.50. The number of carbonyl (C=O) groups is 1. The molecule has 6 heteroatoms. The third-order valence-corrected chi connectivity index (χ3v) is 1.90. The van der Waals surface area contributed by atoms with Gasteiger partial charge < -0.3 is 0 Å². The predicted octanol–water partition coefficient (Wildman–Crippen LogP) is 0.958. The quantitative estimate of drug-likeness (QED) is 0.611. The van der Waals surface area contributed by atoms with E-state index in [9.17, 15) is 4.79 Å². The lowest BCUT2D eigenvalue weighted by Gasteiger charge is -1.96. The van der Waals surface area contributed by atoms with Gasteiger partial charge in [-0.2, -0.15) is 10.5 Å². The van der Waals surface area contributed by atoms with Crippen LogP contribution in [0.3, 0.4) is 0 Å². The predicted molar refractivity (Wildman–Crippen MR) is 46.0 cm³/mol. The largest absolute Gasteiger partial charge is 0.291 e. The lowest BCUT2D eigenvalue weighted by atomic mass is 10.4. The molecule has 1 aromatic rings. The number of rotatable bonds is 0. The Morgan fingerprint density at radius 2 is 2.31 bits per heavy atom. The maximum absolute atomic E-state index is 11.1. The van der Waals surface area contributed by atoms with E-state index in [0.717, 1.165) is 16.3 Å². The molecule has 64 valence electrons. The van der Waals surface area contributed by atoms with Gasteiger partial charge in [-0.05, 0) is 6.26 Å². The van der Waals surface area contributed by atoms with Crippen LogP contribution in [-0.4, -0.2) is 21.0 Å². The summed E-state index contributed by atoms with van der Waals surface area (Å²) in [4.78, 5) is 14.8. The Labute approximate surface area is 78.6 Å². The molecule has 0 fully saturated rings. The average molecular weight is 192 g/mol. The second-order valence-corrected chi connectivity index (χ2v) is 2.76. The molecule has 0 saturated heterocycles. The highest BCUT2D eigenvalue weighted by molar-refractivity contribution is 8.13. The van der Waals surface area contributed by atoms with Crippen molar-refractivity contribution in [3.05, 3.63) is 17.7 Å². The van der Waals surface area contributed by atoms with E-state index >= 15 is 0 Å². The molecule has 0 aliphatic heterocycles. The van der Waals surface area contributed by atoms with Crippen LogP contribution in [0.15, 0.2) is 6.33 Å². The van der Waals surface area contributed by atoms with Crippen LogP contribution in [0.4, 0.5) is 4.79 Å². The van der Waals surface area contributed by atoms with Crippen LogP contribution >= 0.6 is 11.8 Å². The van der Waals surface area contributed by atoms with Crippen LogP contribution in [0.25, 0.3) is 0 Å². The van der Waals surface area contributed by atoms with Gasteiger partial charge in [0.2, 0.25) is 0 Å². The molecule has 0 aliphatic carbocycles. The summed E-state index contributed by atoms with van der Waals surface area (Å²) in [5.41, 5.74) is -0.0354. The van der Waals surface area contributed by atoms with Crippen molar-refractivity contribution in [1.82, 2.24) is 9.55 Å². The Bertz CT molecular complexity index is 423. The minimum atomic E-state index is -0.328. The molecular weight excluding hydrogens is 188 g/mol. The van der Waals surface area contributed by atoms with Gasteiger partial charge in [0, 0.05) is 0 Å². The molecule has 0 aliphatic rings. The summed E-state index contributed by atoms with van der Waals surface area (Å²) in [5, 5.41) is 16.8. The fraction of sp³-hybridized carbons (Fsp3) is 0.143. The zero-order valence-electron chi connectivity index (χ0n) is 6.68. The highest BCUT2D eigenvalue weighted by Crippen LogP contribution is 2.09. The molecule has 0 bridgehead atoms. The van der Waals surface area contributed by atoms with E-state index in [2.05, 4.69) is 4.98 Å². The fourth-order valence-corrected chi connectivity index (χ4v) is 1.11. The van der Waals surface area contributed by atoms with Crippen LogP contribution in [0.1, 0.15) is 11.4 Å². The van der Waals surface area contributed by atoms with Gasteiger partial charge in [-0.25, -0.2) is 9.55 Å². The summed E-state index contributed by atoms with van der Waals surface area (Å²) in [7, 11) is 0. The Hall–Kier alpha value is -1.79. The maximum atomic E-state index is 11.1. The Morgan fingerprint density at radius 1 is 1.62 bits per heavy atom. The first kappa shape index (κ1) is 9.30. The molecule has 0 unspecified atom stereocenters. The van der Waals surface area contributed by atoms with Gasteiger partial charge in [0.15, 0.2) is 11.4 Å². The molecule has 0 atom stereocenters. The molecule has 0 spiro atoms. The molecule has 1 rings (SSSR count). The number of aromatic nitrogens is 2. The Kier molecular flexibility index (Phi) is 2.68. The van der Waals surface area contributed by atoms with Gasteiger partial charge in [-0.3, -0.25) is 4.79 Å². The van der Waals surface area contributed by atoms with Gasteiger partial charge in [0.05, 0.1) is 0 Å². The zero-order chi connectivity index (χ0) is 9.84. The SMILES string of the molecule is CSC(=O)n1cnc(C#N)c1C#N. The van der Waals surface area contributed by atoms with Crippen molar-refractivity contribution in [2.45, 2.75) is 0 Å². The van der Waals surface area contributed by atoms with Crippen molar-refractivity contribution in [2.75, 3.05) is 6.26 Å². The van der Waals surface area contributed by atoms with Crippen LogP contribution in [0, 0.1) is 22.7 Å². The second kappa shape index (κ2) is 3.74. The highest BCUT2D eigenvalue weighted by atomic mass is 32.2. The van der Waals surface area contributed by atoms with E-state index in [-0.39, 0.29) is 16.6 Å². The first-order chi connectivity index (χ1) is 6.24. The number of thioether (sulfide) groups is 1. The smallest absolute Gasteiger partial charge is 0.261 e. The van der Waals surface area contributed by atoms with Crippen molar-refractivity contribution in [1.29, 1.82) is 10.5 Å². The third kappa shape index (κ3) is 1.53. The van der Waals surface area contributed by atoms with E-state index < -0.39 is 0 Å². The van der Waals surface area contributed by atoms with Crippen molar-refractivity contribution in [2.24, 2.45) is 0 Å². The third-order valence-electron chi connectivity index (χ3n) is 1.35. The number of nitrogens with zero attached hydrogens (tertiary/aromatic N) is 4. The number of hydrogen-bond donors (Lipinski definition) is 0. The van der Waals surface area contributed by atoms with Crippen molar-refractivity contribution in [3.63, 3.8) is 0 Å². The lowest BCUT2D eigenvalue weighted by molar-refractivity contribution is 0.262. The first-order valence-corrected chi connectivity index (χ1v) is 4.43. The van der Waals surface area contributed by atoms with Gasteiger partial charge in [0.25, 0.3) is 5.24 Å². The van der Waals surface area contributed by atoms with E-state index in [1.54, 1.807) is 18.4 Å². The minimum absolute atomic E-state index is 0.0122. The molecule has 5 nitrogen and oxygen atoms in total. The summed E-state index contributed by atoms with van der Waals surface area (Å²) in [6.45, 7) is 0. The van der Waals surface area contributed by atoms with Crippen LogP contribution in [-0.2, 0) is 0 Å². The van der Waals surface area contributed by atoms with Crippen LogP contribution in [0.5, 0.6) is 0 Å². The monoisotopic (exact) mass is 192 g/mol. The van der Waals surface area contributed by atoms with E-state index in [0.29, 0.717) is 0 Å². The topological polar surface area (TPSA) is 82.5 Å². The fourth-order valence-electron chi connectivity index (χ4n) is 0.774. The van der Waals surface area contributed by atoms with Crippen LogP contribution in [0.2, 0.25) is 0 Å². The summed E-state index contributed by atoms with van der Waals surface area (Å²) in [6.07, 6.45) is 2.77. The summed E-state index contributed by atoms with van der Waals surface area (Å²) < 4.78 is 1.06. The Balaban J connectivity index is 3.27. The molecule has 1 aromatic heterocycles. The Morgan fingerprint density at radius 3 is 2.77 bits per heavy atom. The van der Waals surface area contributed by atoms with Gasteiger partial charge in [-0.15, -0.1) is 0 Å². The van der Waals surface area contributed by atoms with Crippen LogP contribution < -0.4 is 0 Å². The van der Waals surface area contributed by atoms with E-state index in [1.165, 1.54) is 6.33 Å². The van der Waals surface area contributed by atoms with Crippen molar-refractivity contribution in [3.8, 4) is 12.1 Å². The lowest BCUT2D eigenvalue weighted by Crippen LogP contribution is -2.05. The highest BCUT2D eigenvalue weighted by Gasteiger charge is 2.14. The normalized spacial score (nSPS) is 8.85.